The summed E-state index contributed by atoms with van der Waals surface area (Å²) in [6.07, 6.45) is 2.03. The molecule has 0 spiro atoms. The van der Waals surface area contributed by atoms with Gasteiger partial charge in [-0.1, -0.05) is 13.8 Å². The molecule has 16 heavy (non-hydrogen) atoms. The molecule has 0 amide bonds. The fourth-order valence-electron chi connectivity index (χ4n) is 1.60. The average molecular weight is 224 g/mol. The molecule has 0 unspecified atom stereocenters. The zero-order valence-electron chi connectivity index (χ0n) is 9.90. The molecular formula is C10H20N6. The quantitative estimate of drug-likeness (QED) is 0.684. The highest BCUT2D eigenvalue weighted by Gasteiger charge is 2.14. The van der Waals surface area contributed by atoms with Crippen LogP contribution in [-0.2, 0) is 0 Å². The topological polar surface area (TPSA) is 107 Å². The second-order valence-corrected chi connectivity index (χ2v) is 3.69. The molecule has 0 atom stereocenters. The fourth-order valence-corrected chi connectivity index (χ4v) is 1.60. The third-order valence-electron chi connectivity index (χ3n) is 2.26. The van der Waals surface area contributed by atoms with Gasteiger partial charge in [-0.15, -0.1) is 0 Å². The minimum Gasteiger partial charge on any atom is -0.393 e. The summed E-state index contributed by atoms with van der Waals surface area (Å²) in [6, 6.07) is 0. The number of hydrogen-bond acceptors (Lipinski definition) is 6. The largest absolute Gasteiger partial charge is 0.393 e. The van der Waals surface area contributed by atoms with Gasteiger partial charge in [0.1, 0.15) is 5.69 Å². The van der Waals surface area contributed by atoms with Crippen LogP contribution in [0.25, 0.3) is 0 Å². The molecule has 0 saturated heterocycles. The predicted molar refractivity (Wildman–Crippen MR) is 68.1 cm³/mol. The van der Waals surface area contributed by atoms with Gasteiger partial charge in [0.05, 0.1) is 0 Å². The normalized spacial score (nSPS) is 10.4. The first-order valence-electron chi connectivity index (χ1n) is 5.53. The standard InChI is InChI=1S/C10H20N6/c1-3-5-16(6-4-2)9-7(11)8(12)14-10(13)15-9/h3-6,11H2,1-2H3,(H4,12,13,14,15). The van der Waals surface area contributed by atoms with Crippen molar-refractivity contribution in [3.63, 3.8) is 0 Å². The molecule has 0 radical (unpaired) electrons. The monoisotopic (exact) mass is 224 g/mol. The zero-order chi connectivity index (χ0) is 12.1. The summed E-state index contributed by atoms with van der Waals surface area (Å²) in [4.78, 5) is 10.1. The van der Waals surface area contributed by atoms with Gasteiger partial charge in [-0.2, -0.15) is 9.97 Å². The zero-order valence-corrected chi connectivity index (χ0v) is 9.90. The van der Waals surface area contributed by atoms with E-state index in [1.165, 1.54) is 0 Å². The van der Waals surface area contributed by atoms with Crippen LogP contribution >= 0.6 is 0 Å². The van der Waals surface area contributed by atoms with E-state index >= 15 is 0 Å². The predicted octanol–water partition coefficient (Wildman–Crippen LogP) is 0.850. The Morgan fingerprint density at radius 3 is 2.06 bits per heavy atom. The van der Waals surface area contributed by atoms with Gasteiger partial charge in [-0.25, -0.2) is 0 Å². The Bertz CT molecular complexity index is 345. The Hall–Kier alpha value is -1.72. The highest BCUT2D eigenvalue weighted by Crippen LogP contribution is 2.26. The molecule has 1 heterocycles. The van der Waals surface area contributed by atoms with Crippen molar-refractivity contribution < 1.29 is 0 Å². The lowest BCUT2D eigenvalue weighted by Gasteiger charge is -2.24. The van der Waals surface area contributed by atoms with E-state index in [0.717, 1.165) is 25.9 Å². The molecule has 6 N–H and O–H groups in total. The smallest absolute Gasteiger partial charge is 0.224 e. The summed E-state index contributed by atoms with van der Waals surface area (Å²) in [7, 11) is 0. The lowest BCUT2D eigenvalue weighted by atomic mass is 10.3. The van der Waals surface area contributed by atoms with Crippen LogP contribution in [0.1, 0.15) is 26.7 Å². The molecule has 0 aliphatic heterocycles. The highest BCUT2D eigenvalue weighted by atomic mass is 15.2. The van der Waals surface area contributed by atoms with E-state index in [4.69, 9.17) is 17.2 Å². The number of nitrogens with zero attached hydrogens (tertiary/aromatic N) is 3. The summed E-state index contributed by atoms with van der Waals surface area (Å²) in [5.41, 5.74) is 17.5. The molecule has 1 rings (SSSR count). The van der Waals surface area contributed by atoms with Crippen LogP contribution in [0.4, 0.5) is 23.3 Å². The van der Waals surface area contributed by atoms with Gasteiger partial charge in [0.2, 0.25) is 5.95 Å². The van der Waals surface area contributed by atoms with Gasteiger partial charge in [0, 0.05) is 13.1 Å². The lowest BCUT2D eigenvalue weighted by molar-refractivity contribution is 0.735. The third-order valence-corrected chi connectivity index (χ3v) is 2.26. The number of nitrogens with two attached hydrogens (primary N) is 3. The Balaban J connectivity index is 3.07. The van der Waals surface area contributed by atoms with Crippen molar-refractivity contribution in [2.45, 2.75) is 26.7 Å². The lowest BCUT2D eigenvalue weighted by Crippen LogP contribution is -2.27. The van der Waals surface area contributed by atoms with Crippen molar-refractivity contribution in [1.82, 2.24) is 9.97 Å². The number of hydrogen-bond donors (Lipinski definition) is 3. The van der Waals surface area contributed by atoms with Crippen molar-refractivity contribution in [2.24, 2.45) is 0 Å². The number of aromatic nitrogens is 2. The van der Waals surface area contributed by atoms with E-state index in [9.17, 15) is 0 Å². The summed E-state index contributed by atoms with van der Waals surface area (Å²) >= 11 is 0. The van der Waals surface area contributed by atoms with Crippen molar-refractivity contribution in [3.8, 4) is 0 Å². The van der Waals surface area contributed by atoms with Crippen molar-refractivity contribution >= 4 is 23.3 Å². The Morgan fingerprint density at radius 1 is 1.00 bits per heavy atom. The van der Waals surface area contributed by atoms with Gasteiger partial charge in [0.25, 0.3) is 0 Å². The van der Waals surface area contributed by atoms with Gasteiger partial charge in [-0.05, 0) is 12.8 Å². The Kier molecular flexibility index (Phi) is 4.16. The maximum Gasteiger partial charge on any atom is 0.224 e. The highest BCUT2D eigenvalue weighted by molar-refractivity contribution is 5.74. The molecule has 1 aromatic heterocycles. The van der Waals surface area contributed by atoms with Gasteiger partial charge < -0.3 is 22.1 Å². The van der Waals surface area contributed by atoms with Crippen LogP contribution in [0.3, 0.4) is 0 Å². The van der Waals surface area contributed by atoms with Crippen molar-refractivity contribution in [2.75, 3.05) is 35.2 Å². The molecule has 0 aliphatic carbocycles. The SMILES string of the molecule is CCCN(CCC)c1nc(N)nc(N)c1N. The van der Waals surface area contributed by atoms with Crippen LogP contribution in [0.2, 0.25) is 0 Å². The number of anilines is 4. The molecule has 6 nitrogen and oxygen atoms in total. The second-order valence-electron chi connectivity index (χ2n) is 3.69. The van der Waals surface area contributed by atoms with Gasteiger partial charge in [0.15, 0.2) is 11.6 Å². The van der Waals surface area contributed by atoms with Gasteiger partial charge in [-0.3, -0.25) is 0 Å². The molecule has 0 saturated carbocycles. The Morgan fingerprint density at radius 2 is 1.56 bits per heavy atom. The first kappa shape index (κ1) is 12.4. The van der Waals surface area contributed by atoms with E-state index in [0.29, 0.717) is 11.5 Å². The van der Waals surface area contributed by atoms with Crippen molar-refractivity contribution in [3.05, 3.63) is 0 Å². The maximum atomic E-state index is 5.87. The van der Waals surface area contributed by atoms with E-state index in [1.54, 1.807) is 0 Å². The molecule has 0 bridgehead atoms. The molecule has 1 aromatic rings. The maximum absolute atomic E-state index is 5.87. The van der Waals surface area contributed by atoms with E-state index in [-0.39, 0.29) is 11.8 Å². The molecule has 0 aliphatic rings. The summed E-state index contributed by atoms with van der Waals surface area (Å²) in [5, 5.41) is 0. The molecule has 0 aromatic carbocycles. The summed E-state index contributed by atoms with van der Waals surface area (Å²) < 4.78 is 0. The number of nitrogen functional groups attached to an aromatic ring is 3. The first-order valence-corrected chi connectivity index (χ1v) is 5.53. The van der Waals surface area contributed by atoms with Crippen LogP contribution in [0.5, 0.6) is 0 Å². The van der Waals surface area contributed by atoms with Crippen LogP contribution in [-0.4, -0.2) is 23.1 Å². The minimum atomic E-state index is 0.166. The fraction of sp³-hybridized carbons (Fsp3) is 0.600. The minimum absolute atomic E-state index is 0.166. The summed E-state index contributed by atoms with van der Waals surface area (Å²) in [6.45, 7) is 5.97. The number of rotatable bonds is 5. The molecular weight excluding hydrogens is 204 g/mol. The van der Waals surface area contributed by atoms with Crippen LogP contribution in [0.15, 0.2) is 0 Å². The van der Waals surface area contributed by atoms with Gasteiger partial charge >= 0.3 is 0 Å². The molecule has 6 heteroatoms. The third kappa shape index (κ3) is 2.65. The Labute approximate surface area is 95.8 Å². The van der Waals surface area contributed by atoms with Crippen LogP contribution < -0.4 is 22.1 Å². The van der Waals surface area contributed by atoms with E-state index < -0.39 is 0 Å². The average Bonchev–Trinajstić information content (AvgIpc) is 2.23. The van der Waals surface area contributed by atoms with E-state index in [2.05, 4.69) is 28.7 Å². The molecule has 0 fully saturated rings. The van der Waals surface area contributed by atoms with E-state index in [1.807, 2.05) is 0 Å². The first-order chi connectivity index (χ1) is 7.60. The second kappa shape index (κ2) is 5.39. The van der Waals surface area contributed by atoms with Crippen LogP contribution in [0, 0.1) is 0 Å². The summed E-state index contributed by atoms with van der Waals surface area (Å²) in [5.74, 6) is 1.06. The van der Waals surface area contributed by atoms with Crippen molar-refractivity contribution in [1.29, 1.82) is 0 Å². The molecule has 90 valence electrons.